The smallest absolute Gasteiger partial charge is 0.0606 e. The number of rotatable bonds is 10. The molecule has 2 nitrogen and oxygen atoms in total. The van der Waals surface area contributed by atoms with Crippen molar-refractivity contribution in [1.29, 1.82) is 0 Å². The maximum absolute atomic E-state index is 3.71. The van der Waals surface area contributed by atoms with Crippen molar-refractivity contribution >= 4 is 0 Å². The molecule has 0 aromatic rings. The van der Waals surface area contributed by atoms with Gasteiger partial charge < -0.3 is 10.6 Å². The lowest BCUT2D eigenvalue weighted by Gasteiger charge is -2.16. The first kappa shape index (κ1) is 14.4. The van der Waals surface area contributed by atoms with Gasteiger partial charge in [0.15, 0.2) is 0 Å². The van der Waals surface area contributed by atoms with Crippen molar-refractivity contribution in [2.45, 2.75) is 45.7 Å². The molecule has 0 aromatic carbocycles. The summed E-state index contributed by atoms with van der Waals surface area (Å²) < 4.78 is 0. The monoisotopic (exact) mass is 210 g/mol. The molecule has 0 atom stereocenters. The van der Waals surface area contributed by atoms with Crippen LogP contribution in [0.3, 0.4) is 0 Å². The van der Waals surface area contributed by atoms with Gasteiger partial charge >= 0.3 is 0 Å². The van der Waals surface area contributed by atoms with Crippen LogP contribution in [0.25, 0.3) is 0 Å². The highest BCUT2D eigenvalue weighted by molar-refractivity contribution is 4.86. The third kappa shape index (κ3) is 9.70. The standard InChI is InChI=1S/C13H26N2/c1-4-7-8-9-10-11-12-13(14-5-2)15-6-3/h4,10-11,13-15H,1,5-9,12H2,2-3H3. The van der Waals surface area contributed by atoms with E-state index < -0.39 is 0 Å². The summed E-state index contributed by atoms with van der Waals surface area (Å²) in [6.45, 7) is 10.0. The van der Waals surface area contributed by atoms with Crippen molar-refractivity contribution in [2.75, 3.05) is 13.1 Å². The van der Waals surface area contributed by atoms with E-state index in [4.69, 9.17) is 0 Å². The molecule has 0 aromatic heterocycles. The Morgan fingerprint density at radius 2 is 1.73 bits per heavy atom. The van der Waals surface area contributed by atoms with Gasteiger partial charge in [-0.3, -0.25) is 0 Å². The maximum Gasteiger partial charge on any atom is 0.0606 e. The lowest BCUT2D eigenvalue weighted by molar-refractivity contribution is 0.447. The summed E-state index contributed by atoms with van der Waals surface area (Å²) in [4.78, 5) is 0. The fraction of sp³-hybridized carbons (Fsp3) is 0.692. The van der Waals surface area contributed by atoms with Crippen LogP contribution in [-0.2, 0) is 0 Å². The highest BCUT2D eigenvalue weighted by Gasteiger charge is 2.00. The molecule has 0 aliphatic carbocycles. The second kappa shape index (κ2) is 11.5. The van der Waals surface area contributed by atoms with E-state index in [1.807, 2.05) is 6.08 Å². The predicted octanol–water partition coefficient (Wildman–Crippen LogP) is 2.83. The van der Waals surface area contributed by atoms with Gasteiger partial charge in [0.25, 0.3) is 0 Å². The minimum Gasteiger partial charge on any atom is -0.302 e. The van der Waals surface area contributed by atoms with E-state index in [0.29, 0.717) is 6.17 Å². The Kier molecular flexibility index (Phi) is 11.0. The Hall–Kier alpha value is -0.600. The molecule has 0 fully saturated rings. The minimum atomic E-state index is 0.427. The van der Waals surface area contributed by atoms with E-state index in [0.717, 1.165) is 32.4 Å². The number of hydrogen-bond acceptors (Lipinski definition) is 2. The topological polar surface area (TPSA) is 24.1 Å². The largest absolute Gasteiger partial charge is 0.302 e. The van der Waals surface area contributed by atoms with Crippen molar-refractivity contribution in [3.8, 4) is 0 Å². The molecule has 0 radical (unpaired) electrons. The first-order chi connectivity index (χ1) is 7.35. The molecule has 0 heterocycles. The zero-order chi connectivity index (χ0) is 11.4. The van der Waals surface area contributed by atoms with Crippen LogP contribution in [0.5, 0.6) is 0 Å². The number of unbranched alkanes of at least 4 members (excludes halogenated alkanes) is 2. The molecule has 2 heteroatoms. The van der Waals surface area contributed by atoms with Crippen molar-refractivity contribution < 1.29 is 0 Å². The molecular formula is C13H26N2. The molecule has 0 spiro atoms. The number of hydrogen-bond donors (Lipinski definition) is 2. The summed E-state index contributed by atoms with van der Waals surface area (Å²) in [6, 6.07) is 0. The second-order valence-electron chi connectivity index (χ2n) is 3.59. The molecule has 0 amide bonds. The van der Waals surface area contributed by atoms with Crippen LogP contribution in [0.4, 0.5) is 0 Å². The van der Waals surface area contributed by atoms with Crippen LogP contribution in [0.1, 0.15) is 39.5 Å². The van der Waals surface area contributed by atoms with Gasteiger partial charge in [0.05, 0.1) is 6.17 Å². The van der Waals surface area contributed by atoms with Gasteiger partial charge in [0.1, 0.15) is 0 Å². The normalized spacial score (nSPS) is 11.4. The Bertz CT molecular complexity index is 158. The van der Waals surface area contributed by atoms with E-state index in [9.17, 15) is 0 Å². The first-order valence-electron chi connectivity index (χ1n) is 6.07. The average molecular weight is 210 g/mol. The lowest BCUT2D eigenvalue weighted by Crippen LogP contribution is -2.41. The summed E-state index contributed by atoms with van der Waals surface area (Å²) in [7, 11) is 0. The highest BCUT2D eigenvalue weighted by Crippen LogP contribution is 1.98. The van der Waals surface area contributed by atoms with Crippen molar-refractivity contribution in [1.82, 2.24) is 10.6 Å². The summed E-state index contributed by atoms with van der Waals surface area (Å²) in [5, 5.41) is 6.81. The highest BCUT2D eigenvalue weighted by atomic mass is 15.1. The number of nitrogens with one attached hydrogen (secondary N) is 2. The van der Waals surface area contributed by atoms with Crippen LogP contribution in [0.15, 0.2) is 24.8 Å². The van der Waals surface area contributed by atoms with Crippen LogP contribution < -0.4 is 10.6 Å². The molecule has 0 saturated heterocycles. The summed E-state index contributed by atoms with van der Waals surface area (Å²) >= 11 is 0. The lowest BCUT2D eigenvalue weighted by atomic mass is 10.2. The molecule has 2 N–H and O–H groups in total. The van der Waals surface area contributed by atoms with Crippen molar-refractivity contribution in [3.05, 3.63) is 24.8 Å². The first-order valence-corrected chi connectivity index (χ1v) is 6.07. The zero-order valence-electron chi connectivity index (χ0n) is 10.3. The van der Waals surface area contributed by atoms with Crippen LogP contribution in [0.2, 0.25) is 0 Å². The van der Waals surface area contributed by atoms with Crippen molar-refractivity contribution in [2.24, 2.45) is 0 Å². The van der Waals surface area contributed by atoms with Gasteiger partial charge in [-0.1, -0.05) is 32.1 Å². The van der Waals surface area contributed by atoms with Gasteiger partial charge in [-0.05, 0) is 38.8 Å². The van der Waals surface area contributed by atoms with Gasteiger partial charge in [0, 0.05) is 0 Å². The SMILES string of the molecule is C=CCCCC=CCC(NCC)NCC. The van der Waals surface area contributed by atoms with Gasteiger partial charge in [0.2, 0.25) is 0 Å². The molecule has 15 heavy (non-hydrogen) atoms. The predicted molar refractivity (Wildman–Crippen MR) is 68.9 cm³/mol. The van der Waals surface area contributed by atoms with Crippen molar-refractivity contribution in [3.63, 3.8) is 0 Å². The van der Waals surface area contributed by atoms with Crippen LogP contribution in [-0.4, -0.2) is 19.3 Å². The number of allylic oxidation sites excluding steroid dienone is 2. The van der Waals surface area contributed by atoms with E-state index in [1.54, 1.807) is 0 Å². The summed E-state index contributed by atoms with van der Waals surface area (Å²) in [5.41, 5.74) is 0. The molecule has 0 unspecified atom stereocenters. The van der Waals surface area contributed by atoms with E-state index in [-0.39, 0.29) is 0 Å². The molecule has 88 valence electrons. The zero-order valence-corrected chi connectivity index (χ0v) is 10.3. The minimum absolute atomic E-state index is 0.427. The third-order valence-corrected chi connectivity index (χ3v) is 2.22. The molecule has 0 bridgehead atoms. The molecule has 0 aliphatic heterocycles. The van der Waals surface area contributed by atoms with E-state index in [1.165, 1.54) is 6.42 Å². The van der Waals surface area contributed by atoms with Gasteiger partial charge in [-0.25, -0.2) is 0 Å². The van der Waals surface area contributed by atoms with Gasteiger partial charge in [-0.15, -0.1) is 6.58 Å². The van der Waals surface area contributed by atoms with Gasteiger partial charge in [-0.2, -0.15) is 0 Å². The van der Waals surface area contributed by atoms with E-state index >= 15 is 0 Å². The molecular weight excluding hydrogens is 184 g/mol. The third-order valence-electron chi connectivity index (χ3n) is 2.22. The quantitative estimate of drug-likeness (QED) is 0.329. The fourth-order valence-corrected chi connectivity index (χ4v) is 1.46. The fourth-order valence-electron chi connectivity index (χ4n) is 1.46. The van der Waals surface area contributed by atoms with Crippen LogP contribution >= 0.6 is 0 Å². The molecule has 0 saturated carbocycles. The maximum atomic E-state index is 3.71. The molecule has 0 rings (SSSR count). The Morgan fingerprint density at radius 3 is 2.27 bits per heavy atom. The Labute approximate surface area is 94.8 Å². The summed E-state index contributed by atoms with van der Waals surface area (Å²) in [6.07, 6.45) is 11.5. The Morgan fingerprint density at radius 1 is 1.07 bits per heavy atom. The average Bonchev–Trinajstić information content (AvgIpc) is 2.24. The van der Waals surface area contributed by atoms with E-state index in [2.05, 4.69) is 43.2 Å². The van der Waals surface area contributed by atoms with Crippen LogP contribution in [0, 0.1) is 0 Å². The second-order valence-corrected chi connectivity index (χ2v) is 3.59. The Balaban J connectivity index is 3.53. The molecule has 0 aliphatic rings. The summed E-state index contributed by atoms with van der Waals surface area (Å²) in [5.74, 6) is 0.